The predicted octanol–water partition coefficient (Wildman–Crippen LogP) is 1.26. The molecule has 1 saturated heterocycles. The van der Waals surface area contributed by atoms with Gasteiger partial charge in [-0.1, -0.05) is 6.92 Å². The number of nitrogen functional groups attached to an aromatic ring is 1. The van der Waals surface area contributed by atoms with Crippen LogP contribution < -0.4 is 10.6 Å². The van der Waals surface area contributed by atoms with Gasteiger partial charge in [-0.3, -0.25) is 0 Å². The quantitative estimate of drug-likeness (QED) is 0.789. The molecule has 2 heterocycles. The average Bonchev–Trinajstić information content (AvgIpc) is 2.31. The highest BCUT2D eigenvalue weighted by molar-refractivity contribution is 5.62. The Balaban J connectivity index is 2.14. The standard InChI is InChI=1S/C12H19N3O/c1-2-9-8-15(7-5-11(9)16)12-10(13)4-3-6-14-12/h3-4,6,9,11,16H,2,5,7-8,13H2,1H3. The number of nitrogens with two attached hydrogens (primary N) is 1. The Hall–Kier alpha value is -1.29. The van der Waals surface area contributed by atoms with E-state index in [2.05, 4.69) is 16.8 Å². The SMILES string of the molecule is CCC1CN(c2ncccc2N)CCC1O. The Morgan fingerprint density at radius 2 is 2.44 bits per heavy atom. The molecule has 1 aromatic rings. The first-order valence-corrected chi connectivity index (χ1v) is 5.86. The minimum absolute atomic E-state index is 0.175. The molecule has 0 saturated carbocycles. The van der Waals surface area contributed by atoms with Crippen LogP contribution >= 0.6 is 0 Å². The van der Waals surface area contributed by atoms with Gasteiger partial charge in [0.2, 0.25) is 0 Å². The maximum atomic E-state index is 9.82. The van der Waals surface area contributed by atoms with E-state index in [-0.39, 0.29) is 6.10 Å². The number of pyridine rings is 1. The highest BCUT2D eigenvalue weighted by Gasteiger charge is 2.27. The predicted molar refractivity (Wildman–Crippen MR) is 65.3 cm³/mol. The van der Waals surface area contributed by atoms with Gasteiger partial charge in [0, 0.05) is 25.2 Å². The van der Waals surface area contributed by atoms with Crippen LogP contribution in [0.4, 0.5) is 11.5 Å². The van der Waals surface area contributed by atoms with Gasteiger partial charge in [-0.2, -0.15) is 0 Å². The molecular weight excluding hydrogens is 202 g/mol. The molecule has 4 nitrogen and oxygen atoms in total. The van der Waals surface area contributed by atoms with Crippen molar-refractivity contribution in [1.29, 1.82) is 0 Å². The largest absolute Gasteiger partial charge is 0.396 e. The first kappa shape index (κ1) is 11.2. The monoisotopic (exact) mass is 221 g/mol. The van der Waals surface area contributed by atoms with Gasteiger partial charge in [0.25, 0.3) is 0 Å². The van der Waals surface area contributed by atoms with Gasteiger partial charge in [0.05, 0.1) is 11.8 Å². The zero-order valence-corrected chi connectivity index (χ0v) is 9.63. The highest BCUT2D eigenvalue weighted by atomic mass is 16.3. The third kappa shape index (κ3) is 2.11. The molecule has 0 aliphatic carbocycles. The molecule has 1 fully saturated rings. The summed E-state index contributed by atoms with van der Waals surface area (Å²) in [6.45, 7) is 3.79. The summed E-state index contributed by atoms with van der Waals surface area (Å²) in [5, 5.41) is 9.82. The van der Waals surface area contributed by atoms with Gasteiger partial charge in [0.15, 0.2) is 5.82 Å². The highest BCUT2D eigenvalue weighted by Crippen LogP contribution is 2.27. The van der Waals surface area contributed by atoms with Crippen LogP contribution in [0.15, 0.2) is 18.3 Å². The van der Waals surface area contributed by atoms with Crippen molar-refractivity contribution in [3.63, 3.8) is 0 Å². The van der Waals surface area contributed by atoms with E-state index in [9.17, 15) is 5.11 Å². The Morgan fingerprint density at radius 1 is 1.62 bits per heavy atom. The molecule has 0 bridgehead atoms. The fraction of sp³-hybridized carbons (Fsp3) is 0.583. The van der Waals surface area contributed by atoms with Crippen molar-refractivity contribution in [2.75, 3.05) is 23.7 Å². The first-order chi connectivity index (χ1) is 7.72. The van der Waals surface area contributed by atoms with Crippen LogP contribution in [-0.4, -0.2) is 29.3 Å². The second-order valence-corrected chi connectivity index (χ2v) is 4.39. The van der Waals surface area contributed by atoms with E-state index in [1.807, 2.05) is 12.1 Å². The van der Waals surface area contributed by atoms with Crippen LogP contribution in [0, 0.1) is 5.92 Å². The fourth-order valence-corrected chi connectivity index (χ4v) is 2.29. The van der Waals surface area contributed by atoms with E-state index < -0.39 is 0 Å². The second-order valence-electron chi connectivity index (χ2n) is 4.39. The van der Waals surface area contributed by atoms with Crippen LogP contribution in [0.2, 0.25) is 0 Å². The number of hydrogen-bond acceptors (Lipinski definition) is 4. The molecule has 1 aromatic heterocycles. The number of anilines is 2. The van der Waals surface area contributed by atoms with Gasteiger partial charge < -0.3 is 15.7 Å². The molecule has 0 amide bonds. The molecule has 16 heavy (non-hydrogen) atoms. The van der Waals surface area contributed by atoms with E-state index in [1.54, 1.807) is 6.20 Å². The molecule has 2 atom stereocenters. The molecule has 4 heteroatoms. The van der Waals surface area contributed by atoms with Gasteiger partial charge in [-0.05, 0) is 25.0 Å². The summed E-state index contributed by atoms with van der Waals surface area (Å²) in [6, 6.07) is 3.71. The number of aliphatic hydroxyl groups excluding tert-OH is 1. The third-order valence-corrected chi connectivity index (χ3v) is 3.33. The fourth-order valence-electron chi connectivity index (χ4n) is 2.29. The van der Waals surface area contributed by atoms with Gasteiger partial charge in [0.1, 0.15) is 0 Å². The summed E-state index contributed by atoms with van der Waals surface area (Å²) in [7, 11) is 0. The molecule has 88 valence electrons. The summed E-state index contributed by atoms with van der Waals surface area (Å²) >= 11 is 0. The molecule has 0 radical (unpaired) electrons. The summed E-state index contributed by atoms with van der Waals surface area (Å²) in [5.74, 6) is 1.18. The number of piperidine rings is 1. The number of aliphatic hydroxyl groups is 1. The lowest BCUT2D eigenvalue weighted by Crippen LogP contribution is -2.43. The third-order valence-electron chi connectivity index (χ3n) is 3.33. The van der Waals surface area contributed by atoms with Crippen LogP contribution in [0.5, 0.6) is 0 Å². The maximum Gasteiger partial charge on any atom is 0.151 e. The molecule has 1 aliphatic rings. The molecule has 3 N–H and O–H groups in total. The van der Waals surface area contributed by atoms with Crippen molar-refractivity contribution < 1.29 is 5.11 Å². The normalized spacial score (nSPS) is 25.8. The second kappa shape index (κ2) is 4.70. The zero-order chi connectivity index (χ0) is 11.5. The molecule has 1 aliphatic heterocycles. The van der Waals surface area contributed by atoms with Crippen molar-refractivity contribution in [3.05, 3.63) is 18.3 Å². The Morgan fingerprint density at radius 3 is 3.12 bits per heavy atom. The lowest BCUT2D eigenvalue weighted by atomic mass is 9.92. The van der Waals surface area contributed by atoms with Gasteiger partial charge in [-0.15, -0.1) is 0 Å². The Kier molecular flexibility index (Phi) is 3.29. The molecule has 2 rings (SSSR count). The van der Waals surface area contributed by atoms with Crippen LogP contribution in [0.25, 0.3) is 0 Å². The van der Waals surface area contributed by atoms with E-state index in [0.717, 1.165) is 31.7 Å². The number of rotatable bonds is 2. The van der Waals surface area contributed by atoms with Crippen LogP contribution in [0.1, 0.15) is 19.8 Å². The molecule has 0 spiro atoms. The van der Waals surface area contributed by atoms with Crippen molar-refractivity contribution >= 4 is 11.5 Å². The lowest BCUT2D eigenvalue weighted by molar-refractivity contribution is 0.0858. The van der Waals surface area contributed by atoms with E-state index >= 15 is 0 Å². The van der Waals surface area contributed by atoms with E-state index in [4.69, 9.17) is 5.73 Å². The van der Waals surface area contributed by atoms with Crippen LogP contribution in [-0.2, 0) is 0 Å². The number of hydrogen-bond donors (Lipinski definition) is 2. The maximum absolute atomic E-state index is 9.82. The van der Waals surface area contributed by atoms with Crippen molar-refractivity contribution in [1.82, 2.24) is 4.98 Å². The zero-order valence-electron chi connectivity index (χ0n) is 9.63. The minimum Gasteiger partial charge on any atom is -0.396 e. The Bertz CT molecular complexity index is 356. The van der Waals surface area contributed by atoms with Crippen molar-refractivity contribution in [2.24, 2.45) is 5.92 Å². The summed E-state index contributed by atoms with van der Waals surface area (Å²) in [6.07, 6.45) is 3.38. The summed E-state index contributed by atoms with van der Waals surface area (Å²) in [5.41, 5.74) is 6.62. The number of nitrogens with zero attached hydrogens (tertiary/aromatic N) is 2. The lowest BCUT2D eigenvalue weighted by Gasteiger charge is -2.36. The smallest absolute Gasteiger partial charge is 0.151 e. The average molecular weight is 221 g/mol. The number of aromatic nitrogens is 1. The van der Waals surface area contributed by atoms with Gasteiger partial charge in [-0.25, -0.2) is 4.98 Å². The van der Waals surface area contributed by atoms with Crippen molar-refractivity contribution in [3.8, 4) is 0 Å². The molecular formula is C12H19N3O. The Labute approximate surface area is 96.1 Å². The molecule has 0 aromatic carbocycles. The minimum atomic E-state index is -0.175. The van der Waals surface area contributed by atoms with E-state index in [1.165, 1.54) is 0 Å². The molecule has 2 unspecified atom stereocenters. The van der Waals surface area contributed by atoms with Crippen molar-refractivity contribution in [2.45, 2.75) is 25.9 Å². The van der Waals surface area contributed by atoms with Crippen LogP contribution in [0.3, 0.4) is 0 Å². The topological polar surface area (TPSA) is 62.4 Å². The summed E-state index contributed by atoms with van der Waals surface area (Å²) in [4.78, 5) is 6.49. The van der Waals surface area contributed by atoms with Gasteiger partial charge >= 0.3 is 0 Å². The first-order valence-electron chi connectivity index (χ1n) is 5.86. The van der Waals surface area contributed by atoms with E-state index in [0.29, 0.717) is 11.6 Å². The summed E-state index contributed by atoms with van der Waals surface area (Å²) < 4.78 is 0.